The summed E-state index contributed by atoms with van der Waals surface area (Å²) in [6.07, 6.45) is 1.75. The van der Waals surface area contributed by atoms with Crippen molar-refractivity contribution in [3.63, 3.8) is 0 Å². The monoisotopic (exact) mass is 475 g/mol. The van der Waals surface area contributed by atoms with Gasteiger partial charge in [-0.05, 0) is 35.2 Å². The number of hydrogen-bond donors (Lipinski definition) is 3. The zero-order valence-corrected chi connectivity index (χ0v) is 19.4. The molecule has 0 bridgehead atoms. The second kappa shape index (κ2) is 12.1. The zero-order valence-electron chi connectivity index (χ0n) is 19.4. The number of fused-ring (bicyclic) bond motifs is 1. The Morgan fingerprint density at radius 1 is 1.00 bits per heavy atom. The topological polar surface area (TPSA) is 100 Å². The molecule has 1 heterocycles. The SMILES string of the molecule is O=C(NCCN1CCOCC1)/C(=C/c1ccc(C(=O)NO)cc1)COc1cccc2ccccc12. The standard InChI is InChI=1S/C27H29N3O5/c31-26(28-12-13-30-14-16-34-17-15-30)23(18-20-8-10-22(11-9-20)27(32)29-33)19-35-25-7-3-5-21-4-1-2-6-24(21)25/h1-11,18,33H,12-17,19H2,(H,28,31)(H,29,32)/b23-18+. The zero-order chi connectivity index (χ0) is 24.5. The fraction of sp³-hybridized carbons (Fsp3) is 0.259. The minimum Gasteiger partial charge on any atom is -0.488 e. The maximum atomic E-state index is 13.1. The van der Waals surface area contributed by atoms with Gasteiger partial charge in [-0.15, -0.1) is 0 Å². The van der Waals surface area contributed by atoms with Crippen LogP contribution in [0, 0.1) is 0 Å². The van der Waals surface area contributed by atoms with Crippen LogP contribution < -0.4 is 15.5 Å². The number of benzene rings is 3. The first-order valence-corrected chi connectivity index (χ1v) is 11.6. The highest BCUT2D eigenvalue weighted by atomic mass is 16.5. The van der Waals surface area contributed by atoms with Crippen molar-refractivity contribution in [3.8, 4) is 5.75 Å². The first-order valence-electron chi connectivity index (χ1n) is 11.6. The van der Waals surface area contributed by atoms with Crippen LogP contribution >= 0.6 is 0 Å². The molecule has 0 unspecified atom stereocenters. The molecule has 0 atom stereocenters. The van der Waals surface area contributed by atoms with Gasteiger partial charge in [-0.2, -0.15) is 0 Å². The highest BCUT2D eigenvalue weighted by Crippen LogP contribution is 2.25. The number of hydrogen-bond acceptors (Lipinski definition) is 6. The number of nitrogens with zero attached hydrogens (tertiary/aromatic N) is 1. The largest absolute Gasteiger partial charge is 0.488 e. The lowest BCUT2D eigenvalue weighted by molar-refractivity contribution is -0.117. The number of ether oxygens (including phenoxy) is 2. The molecule has 0 spiro atoms. The summed E-state index contributed by atoms with van der Waals surface area (Å²) < 4.78 is 11.5. The summed E-state index contributed by atoms with van der Waals surface area (Å²) in [6.45, 7) is 4.48. The lowest BCUT2D eigenvalue weighted by Gasteiger charge is -2.26. The van der Waals surface area contributed by atoms with E-state index in [9.17, 15) is 9.59 Å². The minimum absolute atomic E-state index is 0.0796. The van der Waals surface area contributed by atoms with E-state index in [2.05, 4.69) is 10.2 Å². The molecule has 1 saturated heterocycles. The summed E-state index contributed by atoms with van der Waals surface area (Å²) in [5, 5.41) is 13.8. The lowest BCUT2D eigenvalue weighted by atomic mass is 10.1. The molecule has 8 heteroatoms. The van der Waals surface area contributed by atoms with E-state index in [0.29, 0.717) is 36.6 Å². The van der Waals surface area contributed by atoms with Gasteiger partial charge in [0.2, 0.25) is 0 Å². The van der Waals surface area contributed by atoms with E-state index >= 15 is 0 Å². The number of rotatable bonds is 9. The molecule has 35 heavy (non-hydrogen) atoms. The summed E-state index contributed by atoms with van der Waals surface area (Å²) in [4.78, 5) is 26.9. The Balaban J connectivity index is 1.49. The molecule has 0 radical (unpaired) electrons. The van der Waals surface area contributed by atoms with Crippen LogP contribution in [0.5, 0.6) is 5.75 Å². The van der Waals surface area contributed by atoms with Gasteiger partial charge in [-0.25, -0.2) is 5.48 Å². The second-order valence-electron chi connectivity index (χ2n) is 8.21. The van der Waals surface area contributed by atoms with Gasteiger partial charge in [-0.3, -0.25) is 19.7 Å². The molecule has 0 saturated carbocycles. The van der Waals surface area contributed by atoms with E-state index in [-0.39, 0.29) is 12.5 Å². The number of morpholine rings is 1. The molecule has 182 valence electrons. The van der Waals surface area contributed by atoms with Crippen LogP contribution in [0.15, 0.2) is 72.3 Å². The molecule has 1 fully saturated rings. The Kier molecular flexibility index (Phi) is 8.45. The number of carbonyl (C=O) groups is 2. The second-order valence-corrected chi connectivity index (χ2v) is 8.21. The first kappa shape index (κ1) is 24.4. The molecule has 1 aliphatic rings. The first-order chi connectivity index (χ1) is 17.1. The van der Waals surface area contributed by atoms with Crippen LogP contribution in [0.25, 0.3) is 16.8 Å². The quantitative estimate of drug-likeness (QED) is 0.250. The molecule has 0 aliphatic carbocycles. The van der Waals surface area contributed by atoms with E-state index < -0.39 is 5.91 Å². The predicted molar refractivity (Wildman–Crippen MR) is 133 cm³/mol. The van der Waals surface area contributed by atoms with Gasteiger partial charge in [-0.1, -0.05) is 48.5 Å². The molecule has 4 rings (SSSR count). The molecular formula is C27H29N3O5. The average Bonchev–Trinajstić information content (AvgIpc) is 2.91. The van der Waals surface area contributed by atoms with Crippen LogP contribution in [0.4, 0.5) is 0 Å². The Morgan fingerprint density at radius 2 is 1.74 bits per heavy atom. The van der Waals surface area contributed by atoms with Crippen molar-refractivity contribution >= 4 is 28.7 Å². The van der Waals surface area contributed by atoms with Gasteiger partial charge in [0.15, 0.2) is 0 Å². The number of amides is 2. The van der Waals surface area contributed by atoms with Gasteiger partial charge in [0.1, 0.15) is 12.4 Å². The van der Waals surface area contributed by atoms with E-state index in [0.717, 1.165) is 36.0 Å². The average molecular weight is 476 g/mol. The summed E-state index contributed by atoms with van der Waals surface area (Å²) in [5.41, 5.74) is 3.12. The van der Waals surface area contributed by atoms with Crippen molar-refractivity contribution in [3.05, 3.63) is 83.4 Å². The lowest BCUT2D eigenvalue weighted by Crippen LogP contribution is -2.41. The number of nitrogens with one attached hydrogen (secondary N) is 2. The fourth-order valence-electron chi connectivity index (χ4n) is 3.91. The van der Waals surface area contributed by atoms with Gasteiger partial charge in [0.25, 0.3) is 11.8 Å². The Labute approximate surface area is 204 Å². The Hall–Kier alpha value is -3.72. The summed E-state index contributed by atoms with van der Waals surface area (Å²) >= 11 is 0. The third-order valence-corrected chi connectivity index (χ3v) is 5.86. The highest BCUT2D eigenvalue weighted by Gasteiger charge is 2.14. The fourth-order valence-corrected chi connectivity index (χ4v) is 3.91. The third-order valence-electron chi connectivity index (χ3n) is 5.86. The van der Waals surface area contributed by atoms with E-state index in [1.54, 1.807) is 35.8 Å². The molecule has 2 amide bonds. The Bertz CT molecular complexity index is 1180. The maximum absolute atomic E-state index is 13.1. The minimum atomic E-state index is -0.596. The molecular weight excluding hydrogens is 446 g/mol. The maximum Gasteiger partial charge on any atom is 0.274 e. The van der Waals surface area contributed by atoms with Crippen LogP contribution in [0.2, 0.25) is 0 Å². The van der Waals surface area contributed by atoms with Crippen molar-refractivity contribution in [2.75, 3.05) is 46.0 Å². The summed E-state index contributed by atoms with van der Waals surface area (Å²) in [6, 6.07) is 20.3. The number of carbonyl (C=O) groups excluding carboxylic acids is 2. The number of hydroxylamine groups is 1. The molecule has 3 N–H and O–H groups in total. The van der Waals surface area contributed by atoms with Crippen LogP contribution in [-0.4, -0.2) is 67.9 Å². The molecule has 1 aliphatic heterocycles. The van der Waals surface area contributed by atoms with E-state index in [1.807, 2.05) is 42.5 Å². The van der Waals surface area contributed by atoms with Crippen molar-refractivity contribution in [2.24, 2.45) is 0 Å². The van der Waals surface area contributed by atoms with Gasteiger partial charge >= 0.3 is 0 Å². The van der Waals surface area contributed by atoms with Crippen LogP contribution in [-0.2, 0) is 9.53 Å². The molecule has 3 aromatic carbocycles. The van der Waals surface area contributed by atoms with E-state index in [4.69, 9.17) is 14.7 Å². The van der Waals surface area contributed by atoms with Crippen molar-refractivity contribution in [1.29, 1.82) is 0 Å². The van der Waals surface area contributed by atoms with Gasteiger partial charge in [0.05, 0.1) is 18.8 Å². The van der Waals surface area contributed by atoms with Gasteiger partial charge < -0.3 is 14.8 Å². The van der Waals surface area contributed by atoms with Crippen molar-refractivity contribution in [1.82, 2.24) is 15.7 Å². The van der Waals surface area contributed by atoms with E-state index in [1.165, 1.54) is 0 Å². The summed E-state index contributed by atoms with van der Waals surface area (Å²) in [7, 11) is 0. The normalized spacial score (nSPS) is 14.5. The van der Waals surface area contributed by atoms with Gasteiger partial charge in [0, 0.05) is 37.1 Å². The molecule has 0 aromatic heterocycles. The van der Waals surface area contributed by atoms with Crippen LogP contribution in [0.3, 0.4) is 0 Å². The predicted octanol–water partition coefficient (Wildman–Crippen LogP) is 2.87. The molecule has 8 nitrogen and oxygen atoms in total. The smallest absolute Gasteiger partial charge is 0.274 e. The highest BCUT2D eigenvalue weighted by molar-refractivity contribution is 5.98. The summed E-state index contributed by atoms with van der Waals surface area (Å²) in [5.74, 6) is -0.110. The van der Waals surface area contributed by atoms with Crippen molar-refractivity contribution < 1.29 is 24.3 Å². The van der Waals surface area contributed by atoms with Crippen LogP contribution in [0.1, 0.15) is 15.9 Å². The third kappa shape index (κ3) is 6.66. The van der Waals surface area contributed by atoms with Crippen molar-refractivity contribution in [2.45, 2.75) is 0 Å². The molecule has 3 aromatic rings. The Morgan fingerprint density at radius 3 is 2.51 bits per heavy atom.